The van der Waals surface area contributed by atoms with Gasteiger partial charge in [-0.1, -0.05) is 29.4 Å². The van der Waals surface area contributed by atoms with E-state index in [-0.39, 0.29) is 30.6 Å². The first kappa shape index (κ1) is 28.7. The average molecular weight is 542 g/mol. The molecule has 2 aliphatic carbocycles. The van der Waals surface area contributed by atoms with Gasteiger partial charge in [-0.05, 0) is 98.9 Å². The van der Waals surface area contributed by atoms with Crippen molar-refractivity contribution in [2.24, 2.45) is 10.8 Å². The summed E-state index contributed by atoms with van der Waals surface area (Å²) >= 11 is 0. The number of alkyl carbamates (subject to hydrolysis) is 1. The number of hydrogen-bond donors (Lipinski definition) is 2. The van der Waals surface area contributed by atoms with Gasteiger partial charge >= 0.3 is 6.09 Å². The normalized spacial score (nSPS) is 19.7. The van der Waals surface area contributed by atoms with Crippen molar-refractivity contribution < 1.29 is 14.3 Å². The van der Waals surface area contributed by atoms with Crippen molar-refractivity contribution in [3.05, 3.63) is 81.4 Å². The van der Waals surface area contributed by atoms with Crippen molar-refractivity contribution in [1.82, 2.24) is 10.2 Å². The van der Waals surface area contributed by atoms with Crippen LogP contribution in [-0.4, -0.2) is 40.6 Å². The molecule has 2 aromatic carbocycles. The number of nitrogens with zero attached hydrogens (tertiary/aromatic N) is 5. The molecule has 2 saturated carbocycles. The van der Waals surface area contributed by atoms with Crippen LogP contribution in [0, 0.1) is 11.3 Å². The molecule has 0 aromatic heterocycles. The van der Waals surface area contributed by atoms with E-state index in [4.69, 9.17) is 16.0 Å². The van der Waals surface area contributed by atoms with Crippen LogP contribution in [0.25, 0.3) is 21.6 Å². The van der Waals surface area contributed by atoms with Crippen LogP contribution in [-0.2, 0) is 11.3 Å². The summed E-state index contributed by atoms with van der Waals surface area (Å²) in [4.78, 5) is 31.0. The number of nitriles is 1. The van der Waals surface area contributed by atoms with E-state index in [1.165, 1.54) is 0 Å². The zero-order chi connectivity index (χ0) is 28.9. The Morgan fingerprint density at radius 3 is 2.58 bits per heavy atom. The van der Waals surface area contributed by atoms with E-state index in [0.717, 1.165) is 36.0 Å². The molecule has 4 rings (SSSR count). The van der Waals surface area contributed by atoms with Crippen LogP contribution in [0.2, 0.25) is 0 Å². The van der Waals surface area contributed by atoms with E-state index in [2.05, 4.69) is 21.4 Å². The first-order valence-corrected chi connectivity index (χ1v) is 13.5. The molecular formula is C30H35N7O3. The van der Waals surface area contributed by atoms with Crippen LogP contribution in [0.4, 0.5) is 4.79 Å². The minimum atomic E-state index is -0.612. The largest absolute Gasteiger partial charge is 0.444 e. The molecule has 0 spiro atoms. The van der Waals surface area contributed by atoms with Crippen LogP contribution < -0.4 is 11.1 Å². The zero-order valence-electron chi connectivity index (χ0n) is 23.1. The number of hydrogen-bond acceptors (Lipinski definition) is 6. The van der Waals surface area contributed by atoms with Gasteiger partial charge in [-0.15, -0.1) is 0 Å². The molecular weight excluding hydrogens is 506 g/mol. The van der Waals surface area contributed by atoms with Gasteiger partial charge in [0, 0.05) is 34.8 Å². The summed E-state index contributed by atoms with van der Waals surface area (Å²) < 4.78 is 5.33. The second-order valence-electron chi connectivity index (χ2n) is 11.3. The molecule has 2 unspecified atom stereocenters. The minimum absolute atomic E-state index is 0.0532. The lowest BCUT2D eigenvalue weighted by molar-refractivity contribution is 0.0547. The van der Waals surface area contributed by atoms with Crippen LogP contribution in [0.3, 0.4) is 0 Å². The molecule has 2 atom stereocenters. The Labute approximate surface area is 234 Å². The maximum atomic E-state index is 14.0. The summed E-state index contributed by atoms with van der Waals surface area (Å²) in [7, 11) is 0. The fraction of sp³-hybridized carbons (Fsp3) is 0.433. The molecule has 0 heterocycles. The van der Waals surface area contributed by atoms with Crippen LogP contribution in [0.1, 0.15) is 74.4 Å². The van der Waals surface area contributed by atoms with Crippen LogP contribution in [0.15, 0.2) is 59.4 Å². The van der Waals surface area contributed by atoms with E-state index < -0.39 is 11.7 Å². The Hall–Kier alpha value is -4.32. The molecule has 2 aromatic rings. The Bertz CT molecular complexity index is 1390. The molecule has 40 heavy (non-hydrogen) atoms. The summed E-state index contributed by atoms with van der Waals surface area (Å²) in [6, 6.07) is 14.7. The van der Waals surface area contributed by atoms with Crippen molar-refractivity contribution in [2.45, 2.75) is 83.1 Å². The maximum absolute atomic E-state index is 14.0. The van der Waals surface area contributed by atoms with Gasteiger partial charge in [-0.2, -0.15) is 5.26 Å². The molecule has 0 saturated heterocycles. The van der Waals surface area contributed by atoms with Gasteiger partial charge in [-0.3, -0.25) is 10.1 Å². The third-order valence-electron chi connectivity index (χ3n) is 7.10. The molecule has 2 amide bonds. The first-order chi connectivity index (χ1) is 19.1. The molecule has 3 N–H and O–H groups in total. The monoisotopic (exact) mass is 541 g/mol. The van der Waals surface area contributed by atoms with E-state index in [1.807, 2.05) is 23.1 Å². The summed E-state index contributed by atoms with van der Waals surface area (Å²) in [5.74, 6) is -0.0928. The van der Waals surface area contributed by atoms with Crippen molar-refractivity contribution in [2.75, 3.05) is 0 Å². The van der Waals surface area contributed by atoms with E-state index >= 15 is 0 Å². The van der Waals surface area contributed by atoms with Crippen LogP contribution >= 0.6 is 0 Å². The number of carbonyl (C=O) groups is 2. The summed E-state index contributed by atoms with van der Waals surface area (Å²) in [5, 5.41) is 16.0. The average Bonchev–Trinajstić information content (AvgIpc) is 3.76. The van der Waals surface area contributed by atoms with Gasteiger partial charge in [-0.25, -0.2) is 4.79 Å². The highest BCUT2D eigenvalue weighted by atomic mass is 16.6. The minimum Gasteiger partial charge on any atom is -0.444 e. The van der Waals surface area contributed by atoms with E-state index in [1.54, 1.807) is 51.2 Å². The van der Waals surface area contributed by atoms with Crippen molar-refractivity contribution in [1.29, 1.82) is 5.26 Å². The zero-order valence-corrected chi connectivity index (χ0v) is 23.1. The third-order valence-corrected chi connectivity index (χ3v) is 7.10. The number of nitrogens with two attached hydrogens (primary N) is 1. The predicted molar refractivity (Wildman–Crippen MR) is 152 cm³/mol. The van der Waals surface area contributed by atoms with Crippen LogP contribution in [0.5, 0.6) is 0 Å². The Morgan fingerprint density at radius 1 is 1.18 bits per heavy atom. The standard InChI is InChI=1S/C30H35N7O3/c1-30(2,3)40-29(39)34-17-22-15-24(11-13-27(22)32)37(23-9-10-23)28(38)19-8-12-26(21(14-19)18-35-36-33)25-7-5-4-6-20(25)16-31/h4-8,12,14,17,23-24,27H,9-11,13,15,18,32H2,1-3H3,(H,34,39)/b22-17-. The number of ether oxygens (including phenoxy) is 1. The maximum Gasteiger partial charge on any atom is 0.411 e. The highest BCUT2D eigenvalue weighted by molar-refractivity contribution is 5.96. The van der Waals surface area contributed by atoms with Gasteiger partial charge < -0.3 is 15.4 Å². The lowest BCUT2D eigenvalue weighted by Gasteiger charge is -2.38. The molecule has 10 nitrogen and oxygen atoms in total. The van der Waals surface area contributed by atoms with E-state index in [9.17, 15) is 14.9 Å². The SMILES string of the molecule is CC(C)(C)OC(=O)N/C=C1/CC(N(C(=O)c2ccc(-c3ccccc3C#N)c(CN=[N+]=[N-])c2)C2CC2)CCC1N. The highest BCUT2D eigenvalue weighted by Gasteiger charge is 2.40. The number of benzene rings is 2. The number of nitrogens with one attached hydrogen (secondary N) is 1. The second kappa shape index (κ2) is 12.2. The number of amides is 2. The summed E-state index contributed by atoms with van der Waals surface area (Å²) in [6.07, 6.45) is 4.94. The fourth-order valence-corrected chi connectivity index (χ4v) is 5.12. The first-order valence-electron chi connectivity index (χ1n) is 13.5. The van der Waals surface area contributed by atoms with Gasteiger partial charge in [0.25, 0.3) is 5.91 Å². The predicted octanol–water partition coefficient (Wildman–Crippen LogP) is 5.93. The Balaban J connectivity index is 1.60. The summed E-state index contributed by atoms with van der Waals surface area (Å²) in [6.45, 7) is 5.45. The fourth-order valence-electron chi connectivity index (χ4n) is 5.12. The molecule has 2 aliphatic rings. The quantitative estimate of drug-likeness (QED) is 0.252. The number of rotatable bonds is 7. The summed E-state index contributed by atoms with van der Waals surface area (Å²) in [5.41, 5.74) is 18.7. The van der Waals surface area contributed by atoms with Gasteiger partial charge in [0.1, 0.15) is 5.60 Å². The van der Waals surface area contributed by atoms with Crippen molar-refractivity contribution in [3.8, 4) is 17.2 Å². The highest BCUT2D eigenvalue weighted by Crippen LogP contribution is 2.37. The van der Waals surface area contributed by atoms with E-state index in [0.29, 0.717) is 29.5 Å². The van der Waals surface area contributed by atoms with Crippen molar-refractivity contribution >= 4 is 12.0 Å². The Morgan fingerprint density at radius 2 is 1.90 bits per heavy atom. The smallest absolute Gasteiger partial charge is 0.411 e. The lowest BCUT2D eigenvalue weighted by atomic mass is 9.86. The number of azide groups is 1. The number of carbonyl (C=O) groups excluding carboxylic acids is 2. The molecule has 0 aliphatic heterocycles. The molecule has 0 bridgehead atoms. The topological polar surface area (TPSA) is 157 Å². The van der Waals surface area contributed by atoms with Gasteiger partial charge in [0.2, 0.25) is 0 Å². The molecule has 2 fully saturated rings. The van der Waals surface area contributed by atoms with Crippen molar-refractivity contribution in [3.63, 3.8) is 0 Å². The Kier molecular flexibility index (Phi) is 8.78. The van der Waals surface area contributed by atoms with Gasteiger partial charge in [0.05, 0.1) is 18.2 Å². The lowest BCUT2D eigenvalue weighted by Crippen LogP contribution is -2.46. The molecule has 208 valence electrons. The van der Waals surface area contributed by atoms with Gasteiger partial charge in [0.15, 0.2) is 0 Å². The second-order valence-corrected chi connectivity index (χ2v) is 11.3. The molecule has 10 heteroatoms. The molecule has 0 radical (unpaired) electrons. The third kappa shape index (κ3) is 7.00.